The summed E-state index contributed by atoms with van der Waals surface area (Å²) in [7, 11) is 0. The van der Waals surface area contributed by atoms with Gasteiger partial charge in [-0.15, -0.1) is 0 Å². The zero-order chi connectivity index (χ0) is 14.1. The minimum absolute atomic E-state index is 0.660. The first kappa shape index (κ1) is 15.8. The lowest BCUT2D eigenvalue weighted by Crippen LogP contribution is -2.06. The van der Waals surface area contributed by atoms with Gasteiger partial charge in [0.25, 0.3) is 0 Å². The third-order valence-corrected chi connectivity index (χ3v) is 3.19. The van der Waals surface area contributed by atoms with Crippen molar-refractivity contribution >= 4 is 0 Å². The van der Waals surface area contributed by atoms with E-state index in [2.05, 4.69) is 19.1 Å². The van der Waals surface area contributed by atoms with Crippen molar-refractivity contribution in [2.45, 2.75) is 40.0 Å². The van der Waals surface area contributed by atoms with Gasteiger partial charge in [0.15, 0.2) is 11.5 Å². The van der Waals surface area contributed by atoms with Gasteiger partial charge < -0.3 is 15.2 Å². The van der Waals surface area contributed by atoms with E-state index in [0.29, 0.717) is 19.1 Å². The summed E-state index contributed by atoms with van der Waals surface area (Å²) >= 11 is 0. The van der Waals surface area contributed by atoms with Crippen LogP contribution >= 0.6 is 0 Å². The second-order valence-electron chi connectivity index (χ2n) is 4.87. The summed E-state index contributed by atoms with van der Waals surface area (Å²) < 4.78 is 11.2. The summed E-state index contributed by atoms with van der Waals surface area (Å²) in [4.78, 5) is 0. The fraction of sp³-hybridized carbons (Fsp3) is 0.625. The molecule has 0 saturated carbocycles. The fourth-order valence-electron chi connectivity index (χ4n) is 2.09. The molecule has 2 N–H and O–H groups in total. The second kappa shape index (κ2) is 8.81. The molecule has 1 aromatic carbocycles. The van der Waals surface area contributed by atoms with E-state index in [1.807, 2.05) is 19.9 Å². The molecule has 0 amide bonds. The van der Waals surface area contributed by atoms with Gasteiger partial charge in [0, 0.05) is 0 Å². The minimum Gasteiger partial charge on any atom is -0.490 e. The van der Waals surface area contributed by atoms with Crippen LogP contribution in [0.3, 0.4) is 0 Å². The Hall–Kier alpha value is -1.22. The Kier molecular flexibility index (Phi) is 7.34. The van der Waals surface area contributed by atoms with Gasteiger partial charge in [0.05, 0.1) is 13.2 Å². The number of aryl methyl sites for hydroxylation is 1. The van der Waals surface area contributed by atoms with Crippen molar-refractivity contribution in [3.63, 3.8) is 0 Å². The van der Waals surface area contributed by atoms with Gasteiger partial charge >= 0.3 is 0 Å². The number of ether oxygens (including phenoxy) is 2. The molecule has 1 rings (SSSR count). The maximum atomic E-state index is 5.64. The van der Waals surface area contributed by atoms with Crippen LogP contribution in [0.25, 0.3) is 0 Å². The number of nitrogens with two attached hydrogens (primary N) is 1. The fourth-order valence-corrected chi connectivity index (χ4v) is 2.09. The molecule has 3 heteroatoms. The smallest absolute Gasteiger partial charge is 0.161 e. The zero-order valence-corrected chi connectivity index (χ0v) is 12.4. The molecule has 0 fully saturated rings. The van der Waals surface area contributed by atoms with Crippen molar-refractivity contribution in [2.75, 3.05) is 19.8 Å². The second-order valence-corrected chi connectivity index (χ2v) is 4.87. The molecule has 0 aliphatic carbocycles. The molecule has 0 aromatic heterocycles. The Morgan fingerprint density at radius 3 is 2.37 bits per heavy atom. The van der Waals surface area contributed by atoms with Crippen molar-refractivity contribution in [1.82, 2.24) is 0 Å². The average Bonchev–Trinajstić information content (AvgIpc) is 2.40. The summed E-state index contributed by atoms with van der Waals surface area (Å²) in [5.74, 6) is 2.36. The third kappa shape index (κ3) is 5.52. The van der Waals surface area contributed by atoms with Crippen molar-refractivity contribution in [2.24, 2.45) is 11.7 Å². The first-order chi connectivity index (χ1) is 9.21. The van der Waals surface area contributed by atoms with Crippen LogP contribution in [-0.2, 0) is 6.42 Å². The lowest BCUT2D eigenvalue weighted by Gasteiger charge is -2.14. The lowest BCUT2D eigenvalue weighted by molar-refractivity contribution is 0.287. The van der Waals surface area contributed by atoms with Crippen LogP contribution in [-0.4, -0.2) is 19.8 Å². The molecule has 19 heavy (non-hydrogen) atoms. The van der Waals surface area contributed by atoms with E-state index in [0.717, 1.165) is 37.3 Å². The molecule has 0 bridgehead atoms. The van der Waals surface area contributed by atoms with Gasteiger partial charge in [-0.3, -0.25) is 0 Å². The van der Waals surface area contributed by atoms with E-state index in [-0.39, 0.29) is 0 Å². The van der Waals surface area contributed by atoms with Crippen LogP contribution < -0.4 is 15.2 Å². The van der Waals surface area contributed by atoms with E-state index in [9.17, 15) is 0 Å². The number of hydrogen-bond donors (Lipinski definition) is 1. The molecule has 0 aliphatic heterocycles. The van der Waals surface area contributed by atoms with E-state index >= 15 is 0 Å². The maximum absolute atomic E-state index is 5.64. The van der Waals surface area contributed by atoms with Gasteiger partial charge in [-0.25, -0.2) is 0 Å². The molecular weight excluding hydrogens is 238 g/mol. The quantitative estimate of drug-likeness (QED) is 0.744. The first-order valence-electron chi connectivity index (χ1n) is 7.29. The molecule has 0 heterocycles. The SMILES string of the molecule is CCOc1ccc(CCC(C)CCN)cc1OCC. The normalized spacial score (nSPS) is 12.2. The largest absolute Gasteiger partial charge is 0.490 e. The highest BCUT2D eigenvalue weighted by Gasteiger charge is 2.07. The van der Waals surface area contributed by atoms with Crippen LogP contribution in [0.5, 0.6) is 11.5 Å². The van der Waals surface area contributed by atoms with E-state index < -0.39 is 0 Å². The third-order valence-electron chi connectivity index (χ3n) is 3.19. The molecule has 0 saturated heterocycles. The summed E-state index contributed by atoms with van der Waals surface area (Å²) in [6.07, 6.45) is 3.32. The predicted molar refractivity (Wildman–Crippen MR) is 79.9 cm³/mol. The molecule has 1 unspecified atom stereocenters. The molecule has 0 aliphatic rings. The predicted octanol–water partition coefficient (Wildman–Crippen LogP) is 3.40. The molecule has 3 nitrogen and oxygen atoms in total. The molecule has 0 spiro atoms. The van der Waals surface area contributed by atoms with E-state index in [1.165, 1.54) is 5.56 Å². The molecule has 0 radical (unpaired) electrons. The minimum atomic E-state index is 0.660. The standard InChI is InChI=1S/C16H27NO2/c1-4-18-15-9-8-14(12-16(15)19-5-2)7-6-13(3)10-11-17/h8-9,12-13H,4-7,10-11,17H2,1-3H3. The summed E-state index contributed by atoms with van der Waals surface area (Å²) in [6, 6.07) is 6.24. The van der Waals surface area contributed by atoms with Crippen molar-refractivity contribution in [3.05, 3.63) is 23.8 Å². The van der Waals surface area contributed by atoms with Crippen LogP contribution in [0.1, 0.15) is 39.2 Å². The van der Waals surface area contributed by atoms with Crippen molar-refractivity contribution < 1.29 is 9.47 Å². The first-order valence-corrected chi connectivity index (χ1v) is 7.29. The van der Waals surface area contributed by atoms with Crippen LogP contribution in [0.15, 0.2) is 18.2 Å². The van der Waals surface area contributed by atoms with E-state index in [1.54, 1.807) is 0 Å². The van der Waals surface area contributed by atoms with Crippen molar-refractivity contribution in [3.8, 4) is 11.5 Å². The Balaban J connectivity index is 2.66. The highest BCUT2D eigenvalue weighted by atomic mass is 16.5. The summed E-state index contributed by atoms with van der Waals surface area (Å²) in [6.45, 7) is 8.32. The highest BCUT2D eigenvalue weighted by Crippen LogP contribution is 2.29. The van der Waals surface area contributed by atoms with Gasteiger partial charge in [-0.05, 0) is 63.3 Å². The maximum Gasteiger partial charge on any atom is 0.161 e. The van der Waals surface area contributed by atoms with Gasteiger partial charge in [0.2, 0.25) is 0 Å². The van der Waals surface area contributed by atoms with Gasteiger partial charge in [-0.2, -0.15) is 0 Å². The number of rotatable bonds is 9. The lowest BCUT2D eigenvalue weighted by atomic mass is 9.98. The zero-order valence-electron chi connectivity index (χ0n) is 12.4. The van der Waals surface area contributed by atoms with Crippen molar-refractivity contribution in [1.29, 1.82) is 0 Å². The van der Waals surface area contributed by atoms with Gasteiger partial charge in [0.1, 0.15) is 0 Å². The molecule has 108 valence electrons. The monoisotopic (exact) mass is 265 g/mol. The topological polar surface area (TPSA) is 44.5 Å². The average molecular weight is 265 g/mol. The Bertz CT molecular complexity index is 366. The van der Waals surface area contributed by atoms with E-state index in [4.69, 9.17) is 15.2 Å². The summed E-state index contributed by atoms with van der Waals surface area (Å²) in [5.41, 5.74) is 6.88. The van der Waals surface area contributed by atoms with Crippen LogP contribution in [0, 0.1) is 5.92 Å². The Morgan fingerprint density at radius 1 is 1.05 bits per heavy atom. The summed E-state index contributed by atoms with van der Waals surface area (Å²) in [5, 5.41) is 0. The van der Waals surface area contributed by atoms with Gasteiger partial charge in [-0.1, -0.05) is 13.0 Å². The Morgan fingerprint density at radius 2 is 1.74 bits per heavy atom. The highest BCUT2D eigenvalue weighted by molar-refractivity contribution is 5.43. The molecule has 1 atom stereocenters. The molecule has 1 aromatic rings. The molecular formula is C16H27NO2. The Labute approximate surface area is 117 Å². The number of benzene rings is 1. The van der Waals surface area contributed by atoms with Crippen LogP contribution in [0.2, 0.25) is 0 Å². The van der Waals surface area contributed by atoms with Crippen LogP contribution in [0.4, 0.5) is 0 Å². The number of hydrogen-bond acceptors (Lipinski definition) is 3.